The number of nitrogens with two attached hydrogens (primary N) is 1. The van der Waals surface area contributed by atoms with Crippen molar-refractivity contribution in [3.63, 3.8) is 0 Å². The average Bonchev–Trinajstić information content (AvgIpc) is 3.71. The van der Waals surface area contributed by atoms with Gasteiger partial charge in [-0.3, -0.25) is 23.4 Å². The Labute approximate surface area is 353 Å². The molecule has 2 saturated carbocycles. The van der Waals surface area contributed by atoms with E-state index in [0.717, 1.165) is 21.7 Å². The van der Waals surface area contributed by atoms with Gasteiger partial charge in [-0.25, -0.2) is 51.5 Å². The van der Waals surface area contributed by atoms with Crippen molar-refractivity contribution in [1.29, 1.82) is 5.26 Å². The first kappa shape index (κ1) is 51.7. The number of hydrogen-bond acceptors (Lipinski definition) is 21. The minimum absolute atomic E-state index is 0.116. The van der Waals surface area contributed by atoms with E-state index in [4.69, 9.17) is 25.3 Å². The molecule has 0 spiro atoms. The van der Waals surface area contributed by atoms with Gasteiger partial charge in [0.15, 0.2) is 17.1 Å². The van der Waals surface area contributed by atoms with Gasteiger partial charge in [-0.15, -0.1) is 0 Å². The van der Waals surface area contributed by atoms with Crippen molar-refractivity contribution in [2.24, 2.45) is 5.41 Å². The number of halogens is 1. The van der Waals surface area contributed by atoms with Gasteiger partial charge in [0.1, 0.15) is 16.8 Å². The lowest BCUT2D eigenvalue weighted by molar-refractivity contribution is -0.00238. The number of phosphoric ester groups is 2. The first-order valence-corrected chi connectivity index (χ1v) is 25.8. The molecule has 0 radical (unpaired) electrons. The molecule has 3 aromatic heterocycles. The summed E-state index contributed by atoms with van der Waals surface area (Å²) in [7, 11) is -35.1. The summed E-state index contributed by atoms with van der Waals surface area (Å²) >= 11 is 0. The van der Waals surface area contributed by atoms with Crippen LogP contribution in [0.25, 0.3) is 11.2 Å². The number of phosphoric acid groups is 6. The number of aromatic nitrogens is 6. The summed E-state index contributed by atoms with van der Waals surface area (Å²) < 4.78 is 112. The maximum atomic E-state index is 16.3. The van der Waals surface area contributed by atoms with Gasteiger partial charge in [-0.1, -0.05) is 13.2 Å². The van der Waals surface area contributed by atoms with Gasteiger partial charge in [0.05, 0.1) is 49.9 Å². The van der Waals surface area contributed by atoms with Crippen LogP contribution >= 0.6 is 46.9 Å². The molecule has 64 heavy (non-hydrogen) atoms. The van der Waals surface area contributed by atoms with Gasteiger partial charge in [0, 0.05) is 31.0 Å². The van der Waals surface area contributed by atoms with Crippen LogP contribution in [0.3, 0.4) is 0 Å². The third kappa shape index (κ3) is 11.4. The van der Waals surface area contributed by atoms with E-state index >= 15 is 4.39 Å². The highest BCUT2D eigenvalue weighted by Crippen LogP contribution is 2.68. The number of aromatic amines is 1. The number of imidazole rings is 1. The normalized spacial score (nSPS) is 28.0. The number of alkyl halides is 1. The monoisotopic (exact) mass is 1030 g/mol. The summed E-state index contributed by atoms with van der Waals surface area (Å²) in [6, 6.07) is -1.09. The summed E-state index contributed by atoms with van der Waals surface area (Å²) in [6.45, 7) is 4.35. The molecule has 0 saturated heterocycles. The van der Waals surface area contributed by atoms with Gasteiger partial charge >= 0.3 is 52.6 Å². The average molecular weight is 1030 g/mol. The summed E-state index contributed by atoms with van der Waals surface area (Å²) in [6.07, 6.45) is -3.62. The lowest BCUT2D eigenvalue weighted by Crippen LogP contribution is -2.38. The number of nitrogens with one attached hydrogen (secondary N) is 1. The number of nitrogen functional groups attached to an aromatic ring is 1. The summed E-state index contributed by atoms with van der Waals surface area (Å²) in [4.78, 5) is 114. The third-order valence-corrected chi connectivity index (χ3v) is 16.9. The van der Waals surface area contributed by atoms with Crippen molar-refractivity contribution in [1.82, 2.24) is 29.1 Å². The number of aliphatic hydroxyl groups excluding tert-OH is 2. The van der Waals surface area contributed by atoms with Crippen LogP contribution in [0.1, 0.15) is 36.3 Å². The molecule has 3 heterocycles. The zero-order valence-corrected chi connectivity index (χ0v) is 36.8. The van der Waals surface area contributed by atoms with Crippen molar-refractivity contribution in [2.45, 2.75) is 49.2 Å². The molecule has 0 bridgehead atoms. The minimum Gasteiger partial charge on any atom is -0.391 e. The smallest absolute Gasteiger partial charge is 0.391 e. The van der Waals surface area contributed by atoms with Crippen molar-refractivity contribution >= 4 is 63.9 Å². The summed E-state index contributed by atoms with van der Waals surface area (Å²) in [5.41, 5.74) is -3.08. The van der Waals surface area contributed by atoms with Gasteiger partial charge < -0.3 is 59.7 Å². The highest BCUT2D eigenvalue weighted by atomic mass is 31.3. The van der Waals surface area contributed by atoms with Gasteiger partial charge in [-0.2, -0.15) is 22.5 Å². The van der Waals surface area contributed by atoms with Crippen molar-refractivity contribution in [2.75, 3.05) is 18.9 Å². The van der Waals surface area contributed by atoms with Crippen LogP contribution in [0.5, 0.6) is 0 Å². The van der Waals surface area contributed by atoms with Crippen LogP contribution < -0.4 is 17.0 Å². The van der Waals surface area contributed by atoms with Crippen LogP contribution in [0, 0.1) is 16.7 Å². The molecule has 0 aliphatic heterocycles. The number of nitrogens with zero attached hydrogens (tertiary/aromatic N) is 6. The maximum absolute atomic E-state index is 16.3. The fraction of sp³-hybridized carbons (Fsp3) is 0.440. The van der Waals surface area contributed by atoms with Crippen LogP contribution in [0.4, 0.5) is 10.2 Å². The Kier molecular flexibility index (Phi) is 14.3. The van der Waals surface area contributed by atoms with E-state index in [1.807, 2.05) is 4.98 Å². The number of hydrogen-bond donors (Lipinski definition) is 12. The number of aliphatic hydroxyl groups is 2. The van der Waals surface area contributed by atoms with Crippen LogP contribution in [-0.2, 0) is 60.1 Å². The van der Waals surface area contributed by atoms with Crippen molar-refractivity contribution in [3.05, 3.63) is 69.1 Å². The van der Waals surface area contributed by atoms with Crippen molar-refractivity contribution in [3.8, 4) is 6.07 Å². The largest absolute Gasteiger partial charge is 0.490 e. The fourth-order valence-electron chi connectivity index (χ4n) is 6.53. The molecule has 4 unspecified atom stereocenters. The molecule has 10 atom stereocenters. The summed E-state index contributed by atoms with van der Waals surface area (Å²) in [5, 5.41) is 31.7. The molecular formula is C25H33FN8O24P6. The van der Waals surface area contributed by atoms with Crippen molar-refractivity contribution < 1.29 is 107 Å². The molecule has 2 fully saturated rings. The van der Waals surface area contributed by atoms with E-state index in [9.17, 15) is 72.0 Å². The fourth-order valence-corrected chi connectivity index (χ4v) is 12.6. The molecule has 0 amide bonds. The number of nitriles is 1. The van der Waals surface area contributed by atoms with Crippen LogP contribution in [0.2, 0.25) is 0 Å². The Hall–Kier alpha value is -3.33. The number of H-pyrrole nitrogens is 1. The second kappa shape index (κ2) is 17.7. The quantitative estimate of drug-likeness (QED) is 0.0563. The zero-order valence-electron chi connectivity index (χ0n) is 31.4. The molecule has 2 aliphatic carbocycles. The molecular weight excluding hydrogens is 1000 g/mol. The predicted octanol–water partition coefficient (Wildman–Crippen LogP) is -0.522. The SMILES string of the molecule is C=C1[C@@H](n2cnc3c(N)nc(Cc4cn([C@H]5C[C@H](O)[C@@](C#N)(COP(=O)(O)OP(=O)(O)OP(=O)(O)O)C5=C)c(=O)[nH]c4=O)nc32)C[C@H](O)[C@@]1(F)COP(=O)(O)OP(=O)(O)OP(=O)(O)O. The molecule has 0 aromatic carbocycles. The van der Waals surface area contributed by atoms with E-state index in [1.165, 1.54) is 0 Å². The molecule has 13 N–H and O–H groups in total. The Morgan fingerprint density at radius 1 is 0.812 bits per heavy atom. The highest BCUT2D eigenvalue weighted by molar-refractivity contribution is 7.67. The zero-order chi connectivity index (χ0) is 48.4. The van der Waals surface area contributed by atoms with E-state index in [0.29, 0.717) is 0 Å². The Morgan fingerprint density at radius 2 is 1.33 bits per heavy atom. The summed E-state index contributed by atoms with van der Waals surface area (Å²) in [5.74, 6) is -0.590. The molecule has 5 rings (SSSR count). The third-order valence-electron chi connectivity index (χ3n) is 9.38. The molecule has 2 aliphatic rings. The minimum atomic E-state index is -5.98. The number of fused-ring (bicyclic) bond motifs is 1. The highest BCUT2D eigenvalue weighted by Gasteiger charge is 2.55. The standard InChI is InChI=1S/C25H33FN8O24P6/c1-11-14(4-16(35)24(11,7-27)8-53-61(45,46)57-63(49,50)55-59(39,40)41)33-6-13(22(37)32-23(33)38)3-18-30-20(28)19-21(31-18)34(10-29-19)15-5-17(36)25(26,12(15)2)9-54-62(47,48)58-64(51,52)56-60(42,43)44/h6,10,14-17,35-36H,1-5,8-9H2,(H,45,46)(H,47,48)(H,49,50)(H,51,52)(H2,28,30,31)(H,32,37,38)(H2,39,40,41)(H2,42,43,44)/t14-,15-,16-,17-,24-,25+/m0/s1. The lowest BCUT2D eigenvalue weighted by atomic mass is 9.83. The second-order valence-corrected chi connectivity index (χ2v) is 22.4. The van der Waals surface area contributed by atoms with E-state index in [-0.39, 0.29) is 33.9 Å². The van der Waals surface area contributed by atoms with E-state index in [1.54, 1.807) is 6.07 Å². The lowest BCUT2D eigenvalue weighted by Gasteiger charge is -2.27. The van der Waals surface area contributed by atoms with Gasteiger partial charge in [0.25, 0.3) is 5.56 Å². The van der Waals surface area contributed by atoms with E-state index in [2.05, 4.69) is 54.4 Å². The number of rotatable bonds is 18. The molecule has 32 nitrogen and oxygen atoms in total. The Balaban J connectivity index is 1.38. The van der Waals surface area contributed by atoms with E-state index < -0.39 is 132 Å². The molecule has 354 valence electrons. The first-order valence-electron chi connectivity index (χ1n) is 16.8. The first-order chi connectivity index (χ1) is 29.0. The molecule has 39 heteroatoms. The topological polar surface area (TPSA) is 508 Å². The van der Waals surface area contributed by atoms with Gasteiger partial charge in [-0.05, 0) is 11.1 Å². The molecule has 3 aromatic rings. The number of anilines is 1. The maximum Gasteiger partial charge on any atom is 0.490 e. The van der Waals surface area contributed by atoms with Gasteiger partial charge in [0.2, 0.25) is 0 Å². The Bertz CT molecular complexity index is 2870. The van der Waals surface area contributed by atoms with Crippen LogP contribution in [-0.4, -0.2) is 110 Å². The second-order valence-electron chi connectivity index (χ2n) is 13.6. The van der Waals surface area contributed by atoms with Crippen LogP contribution in [0.15, 0.2) is 46.4 Å². The predicted molar refractivity (Wildman–Crippen MR) is 203 cm³/mol. The Morgan fingerprint density at radius 3 is 1.86 bits per heavy atom.